The maximum atomic E-state index is 10.5. The van der Waals surface area contributed by atoms with Crippen molar-refractivity contribution in [1.82, 2.24) is 0 Å². The van der Waals surface area contributed by atoms with Crippen LogP contribution in [0.15, 0.2) is 12.1 Å². The highest BCUT2D eigenvalue weighted by molar-refractivity contribution is 7.12. The number of rotatable bonds is 3. The van der Waals surface area contributed by atoms with Gasteiger partial charge >= 0.3 is 0 Å². The van der Waals surface area contributed by atoms with Gasteiger partial charge in [0.2, 0.25) is 0 Å². The lowest BCUT2D eigenvalue weighted by Crippen LogP contribution is -2.26. The van der Waals surface area contributed by atoms with E-state index in [2.05, 4.69) is 0 Å². The van der Waals surface area contributed by atoms with E-state index in [4.69, 9.17) is 0 Å². The summed E-state index contributed by atoms with van der Waals surface area (Å²) < 4.78 is 0. The van der Waals surface area contributed by atoms with Gasteiger partial charge in [-0.15, -0.1) is 11.3 Å². The lowest BCUT2D eigenvalue weighted by molar-refractivity contribution is 0.0659. The van der Waals surface area contributed by atoms with E-state index in [0.29, 0.717) is 0 Å². The molecule has 1 heterocycles. The van der Waals surface area contributed by atoms with Gasteiger partial charge < -0.3 is 5.11 Å². The zero-order valence-electron chi connectivity index (χ0n) is 8.91. The molecule has 0 saturated heterocycles. The Kier molecular flexibility index (Phi) is 2.55. The second-order valence-electron chi connectivity index (χ2n) is 4.19. The monoisotopic (exact) mass is 222 g/mol. The highest BCUT2D eigenvalue weighted by Gasteiger charge is 2.45. The first-order valence-electron chi connectivity index (χ1n) is 5.10. The second-order valence-corrected chi connectivity index (χ2v) is 5.65. The third-order valence-electron chi connectivity index (χ3n) is 2.95. The Morgan fingerprint density at radius 3 is 2.67 bits per heavy atom. The molecule has 2 nitrogen and oxygen atoms in total. The average Bonchev–Trinajstić information content (AvgIpc) is 2.93. The summed E-state index contributed by atoms with van der Waals surface area (Å²) in [5.41, 5.74) is -0.188. The summed E-state index contributed by atoms with van der Waals surface area (Å²) in [5, 5.41) is 10.5. The molecular formula is C12H14O2S. The van der Waals surface area contributed by atoms with Crippen LogP contribution >= 0.6 is 11.3 Å². The fourth-order valence-electron chi connectivity index (χ4n) is 2.06. The minimum atomic E-state index is -1.07. The van der Waals surface area contributed by atoms with Crippen molar-refractivity contribution in [2.24, 2.45) is 5.92 Å². The van der Waals surface area contributed by atoms with Gasteiger partial charge in [0.1, 0.15) is 11.5 Å². The molecule has 0 spiro atoms. The molecule has 15 heavy (non-hydrogen) atoms. The van der Waals surface area contributed by atoms with Gasteiger partial charge in [-0.1, -0.05) is 0 Å². The average molecular weight is 222 g/mol. The summed E-state index contributed by atoms with van der Waals surface area (Å²) in [6.45, 7) is 4.00. The molecule has 0 aromatic carbocycles. The SMILES string of the molecule is Cc1cc(C(O)(C=C=O)C2CC2)c(C)s1. The molecule has 0 aliphatic heterocycles. The van der Waals surface area contributed by atoms with E-state index in [0.717, 1.165) is 23.3 Å². The molecular weight excluding hydrogens is 208 g/mol. The fraction of sp³-hybridized carbons (Fsp3) is 0.500. The quantitative estimate of drug-likeness (QED) is 0.797. The summed E-state index contributed by atoms with van der Waals surface area (Å²) in [4.78, 5) is 12.8. The predicted molar refractivity (Wildman–Crippen MR) is 60.7 cm³/mol. The molecule has 0 bridgehead atoms. The van der Waals surface area contributed by atoms with Crippen molar-refractivity contribution < 1.29 is 9.90 Å². The molecule has 1 saturated carbocycles. The molecule has 0 amide bonds. The molecule has 1 aromatic rings. The fourth-order valence-corrected chi connectivity index (χ4v) is 3.05. The van der Waals surface area contributed by atoms with Gasteiger partial charge in [-0.05, 0) is 38.7 Å². The number of thiophene rings is 1. The summed E-state index contributed by atoms with van der Waals surface area (Å²) in [7, 11) is 0. The van der Waals surface area contributed by atoms with Crippen molar-refractivity contribution in [3.8, 4) is 0 Å². The maximum Gasteiger partial charge on any atom is 0.123 e. The van der Waals surface area contributed by atoms with Gasteiger partial charge in [0.25, 0.3) is 0 Å². The van der Waals surface area contributed by atoms with Crippen LogP contribution in [0.3, 0.4) is 0 Å². The van der Waals surface area contributed by atoms with Crippen LogP contribution in [0.1, 0.15) is 28.2 Å². The third-order valence-corrected chi connectivity index (χ3v) is 3.92. The van der Waals surface area contributed by atoms with Crippen LogP contribution in [0, 0.1) is 19.8 Å². The number of hydrogen-bond acceptors (Lipinski definition) is 3. The van der Waals surface area contributed by atoms with Crippen molar-refractivity contribution in [2.75, 3.05) is 0 Å². The van der Waals surface area contributed by atoms with Crippen LogP contribution < -0.4 is 0 Å². The molecule has 3 heteroatoms. The van der Waals surface area contributed by atoms with Crippen molar-refractivity contribution in [2.45, 2.75) is 32.3 Å². The highest BCUT2D eigenvalue weighted by atomic mass is 32.1. The van der Waals surface area contributed by atoms with Crippen molar-refractivity contribution in [3.63, 3.8) is 0 Å². The second kappa shape index (κ2) is 3.60. The first-order chi connectivity index (χ1) is 7.08. The molecule has 1 aliphatic carbocycles. The van der Waals surface area contributed by atoms with E-state index < -0.39 is 5.60 Å². The molecule has 1 N–H and O–H groups in total. The Morgan fingerprint density at radius 2 is 2.27 bits per heavy atom. The summed E-state index contributed by atoms with van der Waals surface area (Å²) in [6, 6.07) is 1.98. The largest absolute Gasteiger partial charge is 0.380 e. The molecule has 1 unspecified atom stereocenters. The maximum absolute atomic E-state index is 10.5. The van der Waals surface area contributed by atoms with Crippen LogP contribution in [-0.2, 0) is 10.4 Å². The Morgan fingerprint density at radius 1 is 1.60 bits per heavy atom. The van der Waals surface area contributed by atoms with E-state index in [1.807, 2.05) is 19.9 Å². The first-order valence-corrected chi connectivity index (χ1v) is 5.91. The number of aliphatic hydroxyl groups is 1. The van der Waals surface area contributed by atoms with Gasteiger partial charge in [0, 0.05) is 21.4 Å². The highest BCUT2D eigenvalue weighted by Crippen LogP contribution is 2.48. The topological polar surface area (TPSA) is 37.3 Å². The molecule has 1 fully saturated rings. The molecule has 0 radical (unpaired) electrons. The van der Waals surface area contributed by atoms with E-state index in [9.17, 15) is 9.90 Å². The Hall–Kier alpha value is -0.890. The molecule has 1 aliphatic rings. The Balaban J connectivity index is 2.48. The Labute approximate surface area is 93.3 Å². The zero-order chi connectivity index (χ0) is 11.1. The zero-order valence-corrected chi connectivity index (χ0v) is 9.73. The van der Waals surface area contributed by atoms with Crippen molar-refractivity contribution >= 4 is 17.3 Å². The van der Waals surface area contributed by atoms with Crippen LogP contribution in [0.4, 0.5) is 0 Å². The summed E-state index contributed by atoms with van der Waals surface area (Å²) >= 11 is 1.66. The van der Waals surface area contributed by atoms with Crippen LogP contribution in [-0.4, -0.2) is 11.0 Å². The smallest absolute Gasteiger partial charge is 0.123 e. The van der Waals surface area contributed by atoms with E-state index in [1.165, 1.54) is 11.0 Å². The van der Waals surface area contributed by atoms with E-state index in [-0.39, 0.29) is 5.92 Å². The van der Waals surface area contributed by atoms with Gasteiger partial charge in [-0.2, -0.15) is 0 Å². The van der Waals surface area contributed by atoms with Gasteiger partial charge in [-0.25, -0.2) is 4.79 Å². The number of hydrogen-bond donors (Lipinski definition) is 1. The van der Waals surface area contributed by atoms with Crippen molar-refractivity contribution in [1.29, 1.82) is 0 Å². The van der Waals surface area contributed by atoms with Crippen LogP contribution in [0.25, 0.3) is 0 Å². The summed E-state index contributed by atoms with van der Waals surface area (Å²) in [5.74, 6) is 1.94. The molecule has 1 aromatic heterocycles. The molecule has 2 rings (SSSR count). The lowest BCUT2D eigenvalue weighted by atomic mass is 9.89. The van der Waals surface area contributed by atoms with E-state index >= 15 is 0 Å². The molecule has 1 atom stereocenters. The minimum Gasteiger partial charge on any atom is -0.380 e. The van der Waals surface area contributed by atoms with Gasteiger partial charge in [0.05, 0.1) is 0 Å². The number of carbonyl (C=O) groups excluding carboxylic acids is 1. The normalized spacial score (nSPS) is 19.4. The third kappa shape index (κ3) is 1.78. The standard InChI is InChI=1S/C12H14O2S/c1-8-7-11(9(2)15-8)12(14,5-6-13)10-3-4-10/h5,7,10,14H,3-4H2,1-2H3. The van der Waals surface area contributed by atoms with E-state index in [1.54, 1.807) is 17.3 Å². The Bertz CT molecular complexity index is 425. The van der Waals surface area contributed by atoms with Crippen LogP contribution in [0.2, 0.25) is 0 Å². The first kappa shape index (κ1) is 10.6. The van der Waals surface area contributed by atoms with Gasteiger partial charge in [0.15, 0.2) is 0 Å². The lowest BCUT2D eigenvalue weighted by Gasteiger charge is -2.23. The summed E-state index contributed by atoms with van der Waals surface area (Å²) in [6.07, 6.45) is 3.26. The molecule has 80 valence electrons. The predicted octanol–water partition coefficient (Wildman–Crippen LogP) is 2.35. The van der Waals surface area contributed by atoms with Gasteiger partial charge in [-0.3, -0.25) is 0 Å². The van der Waals surface area contributed by atoms with Crippen LogP contribution in [0.5, 0.6) is 0 Å². The minimum absolute atomic E-state index is 0.201. The number of aryl methyl sites for hydroxylation is 2. The van der Waals surface area contributed by atoms with Crippen molar-refractivity contribution in [3.05, 3.63) is 27.5 Å².